The highest BCUT2D eigenvalue weighted by Crippen LogP contribution is 2.29. The molecule has 0 unspecified atom stereocenters. The molecular weight excluding hydrogens is 363 g/mol. The Kier molecular flexibility index (Phi) is 6.03. The monoisotopic (exact) mass is 382 g/mol. The Labute approximate surface area is 161 Å². The first-order chi connectivity index (χ1) is 13.1. The number of aryl methyl sites for hydroxylation is 1. The van der Waals surface area contributed by atoms with Crippen LogP contribution in [0.4, 0.5) is 4.39 Å². The summed E-state index contributed by atoms with van der Waals surface area (Å²) in [6.45, 7) is 5.97. The third-order valence-electron chi connectivity index (χ3n) is 3.82. The number of rotatable bonds is 7. The first-order valence-corrected chi connectivity index (χ1v) is 9.36. The van der Waals surface area contributed by atoms with Crippen LogP contribution in [0.15, 0.2) is 66.3 Å². The van der Waals surface area contributed by atoms with E-state index in [9.17, 15) is 9.18 Å². The Morgan fingerprint density at radius 1 is 1.22 bits per heavy atom. The zero-order chi connectivity index (χ0) is 19.2. The maximum Gasteiger partial charge on any atom is 0.230 e. The van der Waals surface area contributed by atoms with Crippen molar-refractivity contribution in [2.24, 2.45) is 0 Å². The Bertz CT molecular complexity index is 953. The summed E-state index contributed by atoms with van der Waals surface area (Å²) in [6, 6.07) is 14.2. The number of nitrogens with zero attached hydrogens (tertiary/aromatic N) is 3. The molecule has 0 fully saturated rings. The molecule has 0 aliphatic carbocycles. The lowest BCUT2D eigenvalue weighted by atomic mass is 10.2. The molecule has 0 saturated carbocycles. The Hall–Kier alpha value is -2.93. The van der Waals surface area contributed by atoms with Crippen LogP contribution in [0, 0.1) is 12.7 Å². The Morgan fingerprint density at radius 3 is 2.67 bits per heavy atom. The van der Waals surface area contributed by atoms with Crippen LogP contribution in [0.25, 0.3) is 17.1 Å². The van der Waals surface area contributed by atoms with E-state index in [1.165, 1.54) is 17.8 Å². The van der Waals surface area contributed by atoms with Crippen molar-refractivity contribution in [2.75, 3.05) is 12.3 Å². The zero-order valence-corrected chi connectivity index (χ0v) is 15.7. The van der Waals surface area contributed by atoms with Gasteiger partial charge in [-0.2, -0.15) is 0 Å². The maximum absolute atomic E-state index is 14.3. The SMILES string of the molecule is C=CCNC(=O)CSc1nnc(-c2ccccc2F)n1-c1ccc(C)cc1. The van der Waals surface area contributed by atoms with Crippen LogP contribution in [-0.2, 0) is 4.79 Å². The number of amides is 1. The average molecular weight is 382 g/mol. The number of hydrogen-bond donors (Lipinski definition) is 1. The standard InChI is InChI=1S/C20H19FN4OS/c1-3-12-22-18(26)13-27-20-24-23-19(16-6-4-5-7-17(16)21)25(20)15-10-8-14(2)9-11-15/h3-11H,1,12-13H2,2H3,(H,22,26). The van der Waals surface area contributed by atoms with Gasteiger partial charge in [0.05, 0.1) is 11.3 Å². The molecule has 0 aliphatic heterocycles. The molecule has 1 amide bonds. The molecule has 27 heavy (non-hydrogen) atoms. The van der Waals surface area contributed by atoms with Crippen molar-refractivity contribution in [3.63, 3.8) is 0 Å². The van der Waals surface area contributed by atoms with Gasteiger partial charge in [-0.15, -0.1) is 16.8 Å². The van der Waals surface area contributed by atoms with E-state index in [2.05, 4.69) is 22.1 Å². The average Bonchev–Trinajstić information content (AvgIpc) is 3.09. The first kappa shape index (κ1) is 18.8. The number of thioether (sulfide) groups is 1. The van der Waals surface area contributed by atoms with Crippen LogP contribution in [-0.4, -0.2) is 33.0 Å². The highest BCUT2D eigenvalue weighted by Gasteiger charge is 2.19. The number of halogens is 1. The highest BCUT2D eigenvalue weighted by atomic mass is 32.2. The molecular formula is C20H19FN4OS. The number of nitrogens with one attached hydrogen (secondary N) is 1. The molecule has 3 rings (SSSR count). The summed E-state index contributed by atoms with van der Waals surface area (Å²) >= 11 is 1.25. The Morgan fingerprint density at radius 2 is 1.96 bits per heavy atom. The second-order valence-corrected chi connectivity index (χ2v) is 6.78. The molecule has 2 aromatic carbocycles. The molecule has 0 saturated heterocycles. The van der Waals surface area contributed by atoms with Crippen molar-refractivity contribution in [3.05, 3.63) is 72.6 Å². The van der Waals surface area contributed by atoms with E-state index >= 15 is 0 Å². The third kappa shape index (κ3) is 4.43. The van der Waals surface area contributed by atoms with Crippen LogP contribution in [0.3, 0.4) is 0 Å². The second-order valence-electron chi connectivity index (χ2n) is 5.84. The van der Waals surface area contributed by atoms with Crippen molar-refractivity contribution in [1.82, 2.24) is 20.1 Å². The number of hydrogen-bond acceptors (Lipinski definition) is 4. The maximum atomic E-state index is 14.3. The summed E-state index contributed by atoms with van der Waals surface area (Å²) in [5, 5.41) is 11.6. The van der Waals surface area contributed by atoms with E-state index in [0.717, 1.165) is 11.3 Å². The van der Waals surface area contributed by atoms with Gasteiger partial charge in [0.15, 0.2) is 11.0 Å². The summed E-state index contributed by atoms with van der Waals surface area (Å²) in [6.07, 6.45) is 1.62. The van der Waals surface area contributed by atoms with Gasteiger partial charge in [0.25, 0.3) is 0 Å². The summed E-state index contributed by atoms with van der Waals surface area (Å²) in [5.74, 6) is 0.0602. The van der Waals surface area contributed by atoms with E-state index in [4.69, 9.17) is 0 Å². The quantitative estimate of drug-likeness (QED) is 0.499. The lowest BCUT2D eigenvalue weighted by Gasteiger charge is -2.11. The van der Waals surface area contributed by atoms with Gasteiger partial charge in [-0.05, 0) is 31.2 Å². The second kappa shape index (κ2) is 8.64. The highest BCUT2D eigenvalue weighted by molar-refractivity contribution is 7.99. The number of carbonyl (C=O) groups excluding carboxylic acids is 1. The fraction of sp³-hybridized carbons (Fsp3) is 0.150. The first-order valence-electron chi connectivity index (χ1n) is 8.38. The molecule has 0 aliphatic rings. The molecule has 0 atom stereocenters. The molecule has 1 N–H and O–H groups in total. The minimum atomic E-state index is -0.376. The van der Waals surface area contributed by atoms with E-state index in [-0.39, 0.29) is 17.5 Å². The predicted molar refractivity (Wildman–Crippen MR) is 105 cm³/mol. The van der Waals surface area contributed by atoms with Crippen molar-refractivity contribution in [3.8, 4) is 17.1 Å². The van der Waals surface area contributed by atoms with Gasteiger partial charge in [0.2, 0.25) is 5.91 Å². The summed E-state index contributed by atoms with van der Waals surface area (Å²) in [4.78, 5) is 11.9. The fourth-order valence-corrected chi connectivity index (χ4v) is 3.26. The molecule has 138 valence electrons. The largest absolute Gasteiger partial charge is 0.352 e. The van der Waals surface area contributed by atoms with Crippen molar-refractivity contribution < 1.29 is 9.18 Å². The molecule has 1 heterocycles. The van der Waals surface area contributed by atoms with Crippen molar-refractivity contribution >= 4 is 17.7 Å². The van der Waals surface area contributed by atoms with E-state index in [1.807, 2.05) is 31.2 Å². The molecule has 0 radical (unpaired) electrons. The van der Waals surface area contributed by atoms with Crippen LogP contribution < -0.4 is 5.32 Å². The van der Waals surface area contributed by atoms with Crippen LogP contribution in [0.2, 0.25) is 0 Å². The van der Waals surface area contributed by atoms with E-state index in [0.29, 0.717) is 23.1 Å². The smallest absolute Gasteiger partial charge is 0.230 e. The number of benzene rings is 2. The molecule has 0 spiro atoms. The minimum absolute atomic E-state index is 0.134. The molecule has 0 bridgehead atoms. The number of aromatic nitrogens is 3. The van der Waals surface area contributed by atoms with Crippen molar-refractivity contribution in [1.29, 1.82) is 0 Å². The fourth-order valence-electron chi connectivity index (χ4n) is 2.47. The van der Waals surface area contributed by atoms with Crippen LogP contribution in [0.1, 0.15) is 5.56 Å². The molecule has 7 heteroatoms. The van der Waals surface area contributed by atoms with Gasteiger partial charge in [-0.25, -0.2) is 4.39 Å². The van der Waals surface area contributed by atoms with Gasteiger partial charge in [-0.1, -0.05) is 47.7 Å². The summed E-state index contributed by atoms with van der Waals surface area (Å²) in [5.41, 5.74) is 2.27. The van der Waals surface area contributed by atoms with Gasteiger partial charge < -0.3 is 5.32 Å². The van der Waals surface area contributed by atoms with Gasteiger partial charge >= 0.3 is 0 Å². The summed E-state index contributed by atoms with van der Waals surface area (Å²) in [7, 11) is 0. The molecule has 5 nitrogen and oxygen atoms in total. The molecule has 3 aromatic rings. The molecule has 1 aromatic heterocycles. The zero-order valence-electron chi connectivity index (χ0n) is 14.9. The Balaban J connectivity index is 1.99. The lowest BCUT2D eigenvalue weighted by Crippen LogP contribution is -2.25. The predicted octanol–water partition coefficient (Wildman–Crippen LogP) is 3.78. The lowest BCUT2D eigenvalue weighted by molar-refractivity contribution is -0.118. The van der Waals surface area contributed by atoms with E-state index < -0.39 is 0 Å². The van der Waals surface area contributed by atoms with Crippen LogP contribution >= 0.6 is 11.8 Å². The number of carbonyl (C=O) groups is 1. The van der Waals surface area contributed by atoms with E-state index in [1.54, 1.807) is 28.8 Å². The summed E-state index contributed by atoms with van der Waals surface area (Å²) < 4.78 is 16.1. The van der Waals surface area contributed by atoms with Gasteiger partial charge in [0, 0.05) is 12.2 Å². The van der Waals surface area contributed by atoms with Crippen LogP contribution in [0.5, 0.6) is 0 Å². The van der Waals surface area contributed by atoms with Crippen molar-refractivity contribution in [2.45, 2.75) is 12.1 Å². The normalized spacial score (nSPS) is 10.6. The third-order valence-corrected chi connectivity index (χ3v) is 4.75. The minimum Gasteiger partial charge on any atom is -0.352 e. The van der Waals surface area contributed by atoms with Gasteiger partial charge in [-0.3, -0.25) is 9.36 Å². The van der Waals surface area contributed by atoms with Gasteiger partial charge in [0.1, 0.15) is 5.82 Å². The topological polar surface area (TPSA) is 59.8 Å².